The number of carbonyl (C=O) groups excluding carboxylic acids is 2. The van der Waals surface area contributed by atoms with Gasteiger partial charge in [0.25, 0.3) is 0 Å². The van der Waals surface area contributed by atoms with E-state index in [2.05, 4.69) is 43.5 Å². The van der Waals surface area contributed by atoms with Gasteiger partial charge in [-0.1, -0.05) is 282 Å². The van der Waals surface area contributed by atoms with Crippen LogP contribution >= 0.6 is 0 Å². The predicted octanol–water partition coefficient (Wildman–Crippen LogP) is 18.6. The molecule has 1 amide bonds. The van der Waals surface area contributed by atoms with Gasteiger partial charge in [-0.3, -0.25) is 9.59 Å². The minimum absolute atomic E-state index is 0.00807. The Kier molecular flexibility index (Phi) is 55.5. The SMILES string of the molecule is CCCCC/C=C\C/C=C\CCCCCCCC(=O)OCCCCCCCCCCCCCCCCCCCC(=O)NC(CO)C(O)CCCCCCCCCCCCCCCCCCCC. The average Bonchev–Trinajstić information content (AvgIpc) is 3.33. The second-order valence-corrected chi connectivity index (χ2v) is 20.7. The molecule has 0 aliphatic carbocycles. The fourth-order valence-electron chi connectivity index (χ4n) is 9.38. The van der Waals surface area contributed by atoms with Gasteiger partial charge in [0.15, 0.2) is 0 Å². The maximum atomic E-state index is 12.5. The second-order valence-electron chi connectivity index (χ2n) is 20.7. The molecule has 67 heavy (non-hydrogen) atoms. The molecule has 0 aromatic heterocycles. The van der Waals surface area contributed by atoms with Gasteiger partial charge in [0.1, 0.15) is 0 Å². The zero-order valence-corrected chi connectivity index (χ0v) is 45.1. The van der Waals surface area contributed by atoms with E-state index in [1.54, 1.807) is 0 Å². The molecule has 0 rings (SSSR count). The molecule has 0 radical (unpaired) electrons. The smallest absolute Gasteiger partial charge is 0.305 e. The predicted molar refractivity (Wildman–Crippen MR) is 292 cm³/mol. The summed E-state index contributed by atoms with van der Waals surface area (Å²) in [5.41, 5.74) is 0. The normalized spacial score (nSPS) is 12.7. The molecule has 0 spiro atoms. The van der Waals surface area contributed by atoms with Gasteiger partial charge in [0.2, 0.25) is 5.91 Å². The van der Waals surface area contributed by atoms with Gasteiger partial charge in [0.05, 0.1) is 25.4 Å². The van der Waals surface area contributed by atoms with Crippen molar-refractivity contribution in [3.8, 4) is 0 Å². The monoisotopic (exact) mass is 944 g/mol. The Hall–Kier alpha value is -1.66. The number of rotatable bonds is 56. The number of unbranched alkanes of at least 4 members (excludes halogenated alkanes) is 41. The third-order valence-electron chi connectivity index (χ3n) is 14.0. The molecule has 3 N–H and O–H groups in total. The Labute approximate surface area is 418 Å². The molecule has 0 aliphatic rings. The van der Waals surface area contributed by atoms with E-state index >= 15 is 0 Å². The molecule has 0 heterocycles. The number of hydrogen-bond donors (Lipinski definition) is 3. The fourth-order valence-corrected chi connectivity index (χ4v) is 9.38. The van der Waals surface area contributed by atoms with Gasteiger partial charge in [0, 0.05) is 12.8 Å². The van der Waals surface area contributed by atoms with E-state index in [0.29, 0.717) is 25.9 Å². The summed E-state index contributed by atoms with van der Waals surface area (Å²) in [7, 11) is 0. The van der Waals surface area contributed by atoms with E-state index in [1.165, 1.54) is 244 Å². The number of aliphatic hydroxyl groups is 2. The lowest BCUT2D eigenvalue weighted by atomic mass is 10.0. The van der Waals surface area contributed by atoms with Crippen LogP contribution in [-0.4, -0.2) is 47.4 Å². The van der Waals surface area contributed by atoms with Gasteiger partial charge in [-0.15, -0.1) is 0 Å². The van der Waals surface area contributed by atoms with Crippen molar-refractivity contribution in [3.05, 3.63) is 24.3 Å². The topological polar surface area (TPSA) is 95.9 Å². The minimum Gasteiger partial charge on any atom is -0.466 e. The highest BCUT2D eigenvalue weighted by molar-refractivity contribution is 5.76. The zero-order chi connectivity index (χ0) is 48.6. The summed E-state index contributed by atoms with van der Waals surface area (Å²) in [5.74, 6) is -0.0462. The van der Waals surface area contributed by atoms with Crippen LogP contribution in [-0.2, 0) is 14.3 Å². The molecular weight excluding hydrogens is 827 g/mol. The summed E-state index contributed by atoms with van der Waals surface area (Å²) in [4.78, 5) is 24.5. The molecule has 0 aliphatic heterocycles. The van der Waals surface area contributed by atoms with E-state index in [9.17, 15) is 19.8 Å². The first-order valence-corrected chi connectivity index (χ1v) is 30.1. The van der Waals surface area contributed by atoms with Gasteiger partial charge >= 0.3 is 5.97 Å². The van der Waals surface area contributed by atoms with Crippen molar-refractivity contribution in [2.75, 3.05) is 13.2 Å². The number of aliphatic hydroxyl groups excluding tert-OH is 2. The standard InChI is InChI=1S/C61H117NO5/c1-3-5-7-9-11-13-15-17-19-20-22-26-29-33-37-41-45-49-53-59(64)58(57-63)62-60(65)54-50-46-42-38-34-30-27-23-21-24-28-32-36-40-44-48-52-56-67-61(66)55-51-47-43-39-35-31-25-18-16-14-12-10-8-6-4-2/h12,14,18,25,58-59,63-64H,3-11,13,15-17,19-24,26-57H2,1-2H3,(H,62,65)/b14-12-,25-18-. The van der Waals surface area contributed by atoms with Crippen molar-refractivity contribution >= 4 is 11.9 Å². The molecule has 2 unspecified atom stereocenters. The molecular formula is C61H117NO5. The van der Waals surface area contributed by atoms with Crippen molar-refractivity contribution in [1.82, 2.24) is 5.32 Å². The van der Waals surface area contributed by atoms with Gasteiger partial charge < -0.3 is 20.3 Å². The highest BCUT2D eigenvalue weighted by atomic mass is 16.5. The van der Waals surface area contributed by atoms with E-state index in [0.717, 1.165) is 51.4 Å². The van der Waals surface area contributed by atoms with Gasteiger partial charge in [-0.2, -0.15) is 0 Å². The highest BCUT2D eigenvalue weighted by Crippen LogP contribution is 2.18. The van der Waals surface area contributed by atoms with Crippen molar-refractivity contribution in [2.24, 2.45) is 0 Å². The minimum atomic E-state index is -0.669. The molecule has 2 atom stereocenters. The Morgan fingerprint density at radius 1 is 0.418 bits per heavy atom. The van der Waals surface area contributed by atoms with Crippen LogP contribution in [0.15, 0.2) is 24.3 Å². The molecule has 0 aromatic carbocycles. The molecule has 0 bridgehead atoms. The van der Waals surface area contributed by atoms with Crippen LogP contribution in [0, 0.1) is 0 Å². The number of ether oxygens (including phenoxy) is 1. The lowest BCUT2D eigenvalue weighted by molar-refractivity contribution is -0.143. The maximum Gasteiger partial charge on any atom is 0.305 e. The van der Waals surface area contributed by atoms with Gasteiger partial charge in [-0.05, 0) is 57.8 Å². The average molecular weight is 945 g/mol. The van der Waals surface area contributed by atoms with Crippen LogP contribution in [0.2, 0.25) is 0 Å². The molecule has 6 nitrogen and oxygen atoms in total. The summed E-state index contributed by atoms with van der Waals surface area (Å²) in [5, 5.41) is 23.3. The fraction of sp³-hybridized carbons (Fsp3) is 0.902. The quantitative estimate of drug-likeness (QED) is 0.0321. The van der Waals surface area contributed by atoms with Gasteiger partial charge in [-0.25, -0.2) is 0 Å². The summed E-state index contributed by atoms with van der Waals surface area (Å²) in [6, 6.07) is -0.546. The van der Waals surface area contributed by atoms with Crippen LogP contribution in [0.5, 0.6) is 0 Å². The van der Waals surface area contributed by atoms with Crippen molar-refractivity contribution in [2.45, 2.75) is 341 Å². The molecule has 0 aromatic rings. The molecule has 396 valence electrons. The summed E-state index contributed by atoms with van der Waals surface area (Å²) < 4.78 is 5.47. The van der Waals surface area contributed by atoms with E-state index in [1.807, 2.05) is 0 Å². The first-order valence-electron chi connectivity index (χ1n) is 30.1. The summed E-state index contributed by atoms with van der Waals surface area (Å²) in [6.07, 6.45) is 68.8. The van der Waals surface area contributed by atoms with Crippen molar-refractivity contribution < 1.29 is 24.5 Å². The highest BCUT2D eigenvalue weighted by Gasteiger charge is 2.20. The third-order valence-corrected chi connectivity index (χ3v) is 14.0. The van der Waals surface area contributed by atoms with E-state index in [4.69, 9.17) is 4.74 Å². The van der Waals surface area contributed by atoms with Crippen LogP contribution < -0.4 is 5.32 Å². The Morgan fingerprint density at radius 2 is 0.746 bits per heavy atom. The number of carbonyl (C=O) groups is 2. The molecule has 0 saturated heterocycles. The van der Waals surface area contributed by atoms with Crippen LogP contribution in [0.1, 0.15) is 328 Å². The van der Waals surface area contributed by atoms with Crippen molar-refractivity contribution in [3.63, 3.8) is 0 Å². The Bertz CT molecular complexity index is 1040. The lowest BCUT2D eigenvalue weighted by Gasteiger charge is -2.22. The third kappa shape index (κ3) is 53.5. The van der Waals surface area contributed by atoms with Crippen LogP contribution in [0.25, 0.3) is 0 Å². The first kappa shape index (κ1) is 65.3. The summed E-state index contributed by atoms with van der Waals surface area (Å²) in [6.45, 7) is 4.93. The maximum absolute atomic E-state index is 12.5. The van der Waals surface area contributed by atoms with E-state index < -0.39 is 12.1 Å². The molecule has 0 fully saturated rings. The summed E-state index contributed by atoms with van der Waals surface area (Å²) >= 11 is 0. The zero-order valence-electron chi connectivity index (χ0n) is 45.1. The number of nitrogens with one attached hydrogen (secondary N) is 1. The largest absolute Gasteiger partial charge is 0.466 e. The number of hydrogen-bond acceptors (Lipinski definition) is 5. The number of esters is 1. The number of allylic oxidation sites excluding steroid dienone is 4. The van der Waals surface area contributed by atoms with Crippen molar-refractivity contribution in [1.29, 1.82) is 0 Å². The van der Waals surface area contributed by atoms with Crippen LogP contribution in [0.3, 0.4) is 0 Å². The Morgan fingerprint density at radius 3 is 1.16 bits per heavy atom. The van der Waals surface area contributed by atoms with Crippen LogP contribution in [0.4, 0.5) is 0 Å². The second kappa shape index (κ2) is 56.9. The Balaban J connectivity index is 3.42. The van der Waals surface area contributed by atoms with E-state index in [-0.39, 0.29) is 18.5 Å². The number of amides is 1. The lowest BCUT2D eigenvalue weighted by Crippen LogP contribution is -2.45. The molecule has 0 saturated carbocycles. The first-order chi connectivity index (χ1) is 33.0. The molecule has 6 heteroatoms.